The highest BCUT2D eigenvalue weighted by Crippen LogP contribution is 2.76. The zero-order chi connectivity index (χ0) is 43.3. The molecule has 0 aromatic rings. The van der Waals surface area contributed by atoms with Crippen LogP contribution in [0.4, 0.5) is 0 Å². The van der Waals surface area contributed by atoms with Crippen molar-refractivity contribution < 1.29 is 80.2 Å². The maximum atomic E-state index is 12.6. The molecule has 6 rings (SSSR count). The first kappa shape index (κ1) is 46.9. The molecule has 6 aliphatic rings. The molecule has 2 heterocycles. The summed E-state index contributed by atoms with van der Waals surface area (Å²) in [6, 6.07) is 0. The van der Waals surface area contributed by atoms with E-state index in [1.165, 1.54) is 13.8 Å². The van der Waals surface area contributed by atoms with E-state index in [0.29, 0.717) is 38.5 Å². The van der Waals surface area contributed by atoms with Gasteiger partial charge < -0.3 is 80.2 Å². The van der Waals surface area contributed by atoms with Crippen molar-refractivity contribution in [2.75, 3.05) is 13.2 Å². The molecule has 0 aromatic heterocycles. The summed E-state index contributed by atoms with van der Waals surface area (Å²) < 4.78 is 25.2. The largest absolute Gasteiger partial charge is 0.394 e. The summed E-state index contributed by atoms with van der Waals surface area (Å²) >= 11 is 0. The van der Waals surface area contributed by atoms with Crippen molar-refractivity contribution in [2.45, 2.75) is 204 Å². The van der Waals surface area contributed by atoms with Crippen LogP contribution in [0.3, 0.4) is 0 Å². The molecular formula is C42H74O16. The third-order valence-corrected chi connectivity index (χ3v) is 17.1. The van der Waals surface area contributed by atoms with Gasteiger partial charge >= 0.3 is 0 Å². The van der Waals surface area contributed by atoms with Crippen molar-refractivity contribution in [3.05, 3.63) is 0 Å². The molecule has 6 fully saturated rings. The molecule has 22 atom stereocenters. The van der Waals surface area contributed by atoms with E-state index >= 15 is 0 Å². The Hall–Kier alpha value is -0.640. The lowest BCUT2D eigenvalue weighted by Crippen LogP contribution is -2.71. The minimum atomic E-state index is -1.69. The molecule has 16 heteroatoms. The molecule has 2 aliphatic heterocycles. The fourth-order valence-electron chi connectivity index (χ4n) is 13.6. The lowest BCUT2D eigenvalue weighted by atomic mass is 9.34. The average molecular weight is 835 g/mol. The van der Waals surface area contributed by atoms with Gasteiger partial charge in [0.05, 0.1) is 48.8 Å². The number of rotatable bonds is 11. The molecule has 0 spiro atoms. The fraction of sp³-hybridized carbons (Fsp3) is 1.00. The van der Waals surface area contributed by atoms with Gasteiger partial charge in [0.15, 0.2) is 12.6 Å². The van der Waals surface area contributed by atoms with Crippen molar-refractivity contribution in [3.8, 4) is 0 Å². The van der Waals surface area contributed by atoms with Crippen molar-refractivity contribution in [1.29, 1.82) is 0 Å². The molecule has 0 amide bonds. The summed E-state index contributed by atoms with van der Waals surface area (Å²) in [7, 11) is 0. The molecule has 0 bridgehead atoms. The number of hydrogen-bond acceptors (Lipinski definition) is 16. The van der Waals surface area contributed by atoms with Crippen LogP contribution in [-0.2, 0) is 18.9 Å². The summed E-state index contributed by atoms with van der Waals surface area (Å²) in [5, 5.41) is 131. The molecule has 0 radical (unpaired) electrons. The van der Waals surface area contributed by atoms with Gasteiger partial charge in [-0.15, -0.1) is 0 Å². The molecule has 338 valence electrons. The number of aliphatic hydroxyl groups excluding tert-OH is 11. The fourth-order valence-corrected chi connectivity index (χ4v) is 13.6. The Kier molecular flexibility index (Phi) is 13.1. The quantitative estimate of drug-likeness (QED) is 0.115. The topological polar surface area (TPSA) is 280 Å². The van der Waals surface area contributed by atoms with Crippen LogP contribution in [-0.4, -0.2) is 172 Å². The highest BCUT2D eigenvalue weighted by Gasteiger charge is 2.74. The number of hydrogen-bond donors (Lipinski definition) is 12. The molecule has 0 unspecified atom stereocenters. The van der Waals surface area contributed by atoms with E-state index in [4.69, 9.17) is 18.9 Å². The van der Waals surface area contributed by atoms with Crippen LogP contribution < -0.4 is 0 Å². The Balaban J connectivity index is 1.40. The van der Waals surface area contributed by atoms with E-state index < -0.39 is 144 Å². The van der Waals surface area contributed by atoms with Gasteiger partial charge in [0.2, 0.25) is 0 Å². The second-order valence-electron chi connectivity index (χ2n) is 21.1. The first-order chi connectivity index (χ1) is 26.7. The maximum absolute atomic E-state index is 12.6. The van der Waals surface area contributed by atoms with Crippen LogP contribution in [0.2, 0.25) is 0 Å². The highest BCUT2D eigenvalue weighted by molar-refractivity contribution is 5.22. The summed E-state index contributed by atoms with van der Waals surface area (Å²) in [6.45, 7) is 14.1. The third-order valence-electron chi connectivity index (χ3n) is 17.1. The molecule has 4 saturated carbocycles. The van der Waals surface area contributed by atoms with Crippen molar-refractivity contribution in [3.63, 3.8) is 0 Å². The molecule has 2 saturated heterocycles. The first-order valence-corrected chi connectivity index (χ1v) is 21.4. The van der Waals surface area contributed by atoms with Crippen LogP contribution >= 0.6 is 0 Å². The Morgan fingerprint density at radius 1 is 0.724 bits per heavy atom. The average Bonchev–Trinajstić information content (AvgIpc) is 3.54. The molecule has 4 aliphatic carbocycles. The van der Waals surface area contributed by atoms with Crippen molar-refractivity contribution in [2.24, 2.45) is 45.3 Å². The molecule has 0 aromatic carbocycles. The van der Waals surface area contributed by atoms with Crippen LogP contribution in [0.25, 0.3) is 0 Å². The summed E-state index contributed by atoms with van der Waals surface area (Å²) in [4.78, 5) is 0. The van der Waals surface area contributed by atoms with E-state index in [2.05, 4.69) is 20.8 Å². The predicted octanol–water partition coefficient (Wildman–Crippen LogP) is -0.715. The lowest BCUT2D eigenvalue weighted by Gasteiger charge is -2.72. The second kappa shape index (κ2) is 16.2. The van der Waals surface area contributed by atoms with Gasteiger partial charge in [-0.1, -0.05) is 34.6 Å². The zero-order valence-corrected chi connectivity index (χ0v) is 35.5. The van der Waals surface area contributed by atoms with Crippen LogP contribution in [0.1, 0.15) is 107 Å². The van der Waals surface area contributed by atoms with E-state index in [1.807, 2.05) is 20.8 Å². The van der Waals surface area contributed by atoms with Gasteiger partial charge in [-0.05, 0) is 117 Å². The number of aliphatic hydroxyl groups is 12. The Bertz CT molecular complexity index is 1430. The number of fused-ring (bicyclic) bond motifs is 5. The Labute approximate surface area is 342 Å². The predicted molar refractivity (Wildman–Crippen MR) is 205 cm³/mol. The van der Waals surface area contributed by atoms with Gasteiger partial charge in [0, 0.05) is 0 Å². The standard InChI is InChI=1S/C42H74O16/c1-37(2)25(46)10-12-39(5)24-15-20(45)27-19(42(8,14-11-26(47)38(3,4)54)58-36-33(53)31(51)29(49)23(18-44)57-36)9-13-40(27,6)41(24,7)16-21(34(37)39)55-35-32(52)30(50)28(48)22(17-43)56-35/h19-36,43-54H,9-18H2,1-8H3/t19-,20+,21-,22+,23+,24+,25-,26-,27-,28+,29+,30-,31-,32+,33+,34+,35+,36-,39+,40+,41+,42-/m0/s1. The zero-order valence-electron chi connectivity index (χ0n) is 35.5. The summed E-state index contributed by atoms with van der Waals surface area (Å²) in [6.07, 6.45) is -15.1. The number of ether oxygens (including phenoxy) is 4. The lowest BCUT2D eigenvalue weighted by molar-refractivity contribution is -0.350. The summed E-state index contributed by atoms with van der Waals surface area (Å²) in [5.41, 5.74) is -5.08. The van der Waals surface area contributed by atoms with Crippen LogP contribution in [0.5, 0.6) is 0 Å². The minimum Gasteiger partial charge on any atom is -0.394 e. The molecular weight excluding hydrogens is 760 g/mol. The maximum Gasteiger partial charge on any atom is 0.187 e. The van der Waals surface area contributed by atoms with E-state index in [-0.39, 0.29) is 24.7 Å². The van der Waals surface area contributed by atoms with Gasteiger partial charge in [0.25, 0.3) is 0 Å². The van der Waals surface area contributed by atoms with Crippen LogP contribution in [0.15, 0.2) is 0 Å². The van der Waals surface area contributed by atoms with Crippen LogP contribution in [0, 0.1) is 45.3 Å². The van der Waals surface area contributed by atoms with E-state index in [1.54, 1.807) is 0 Å². The monoisotopic (exact) mass is 834 g/mol. The smallest absolute Gasteiger partial charge is 0.187 e. The van der Waals surface area contributed by atoms with Gasteiger partial charge in [0.1, 0.15) is 48.8 Å². The van der Waals surface area contributed by atoms with E-state index in [9.17, 15) is 61.3 Å². The Morgan fingerprint density at radius 2 is 1.28 bits per heavy atom. The summed E-state index contributed by atoms with van der Waals surface area (Å²) in [5.74, 6) is -1.23. The SMILES string of the molecule is CC(C)(O)[C@@H](O)CC[C@](C)(O[C@@H]1O[C@H](CO)[C@@H](O)[C@H](O)[C@H]1O)[C@H]1CC[C@]2(C)[C@@H]1[C@H](O)C[C@@H]1[C@@]3(C)CC[C@H](O)C(C)(C)[C@H]3[C@@H](O[C@@H]3O[C@H](CO)[C@@H](O)[C@H](O)[C@H]3O)C[C@]12C. The van der Waals surface area contributed by atoms with Gasteiger partial charge in [-0.25, -0.2) is 0 Å². The molecule has 16 nitrogen and oxygen atoms in total. The molecule has 12 N–H and O–H groups in total. The molecule has 58 heavy (non-hydrogen) atoms. The van der Waals surface area contributed by atoms with E-state index in [0.717, 1.165) is 0 Å². The highest BCUT2D eigenvalue weighted by atomic mass is 16.7. The first-order valence-electron chi connectivity index (χ1n) is 21.4. The minimum absolute atomic E-state index is 0.0690. The van der Waals surface area contributed by atoms with Crippen molar-refractivity contribution >= 4 is 0 Å². The second-order valence-corrected chi connectivity index (χ2v) is 21.1. The normalized spacial score (nSPS) is 52.2. The third kappa shape index (κ3) is 7.43. The van der Waals surface area contributed by atoms with Gasteiger partial charge in [-0.2, -0.15) is 0 Å². The van der Waals surface area contributed by atoms with Crippen molar-refractivity contribution in [1.82, 2.24) is 0 Å². The Morgan fingerprint density at radius 3 is 1.83 bits per heavy atom. The van der Waals surface area contributed by atoms with Gasteiger partial charge in [-0.3, -0.25) is 0 Å².